The van der Waals surface area contributed by atoms with Crippen LogP contribution in [0.5, 0.6) is 0 Å². The van der Waals surface area contributed by atoms with Gasteiger partial charge in [-0.3, -0.25) is 9.48 Å². The molecule has 12 heteroatoms. The van der Waals surface area contributed by atoms with Crippen molar-refractivity contribution in [3.63, 3.8) is 0 Å². The van der Waals surface area contributed by atoms with E-state index in [9.17, 15) is 18.0 Å². The van der Waals surface area contributed by atoms with Gasteiger partial charge in [0.2, 0.25) is 0 Å². The first-order valence-electron chi connectivity index (χ1n) is 10.6. The number of carbonyl (C=O) groups is 2. The highest BCUT2D eigenvalue weighted by Gasteiger charge is 2.43. The molecular weight excluding hydrogens is 433 g/mol. The standard InChI is InChI=1S/C18H28N4O3.C2HF3O2/c1-20-12-16(10-19-20)22-14-18(25-13-17(22)23)4-6-21(7-5-18)11-15-2-8-24-9-3-15;3-2(4,5)1(6)7/h10,12,15H,2-9,11,13-14H2,1H3;(H,6,7). The lowest BCUT2D eigenvalue weighted by molar-refractivity contribution is -0.192. The maximum Gasteiger partial charge on any atom is 0.490 e. The number of amides is 1. The van der Waals surface area contributed by atoms with Crippen molar-refractivity contribution < 1.29 is 37.3 Å². The van der Waals surface area contributed by atoms with Crippen molar-refractivity contribution in [2.24, 2.45) is 13.0 Å². The van der Waals surface area contributed by atoms with Gasteiger partial charge in [-0.25, -0.2) is 4.79 Å². The number of alkyl halides is 3. The van der Waals surface area contributed by atoms with Crippen LogP contribution in [0.25, 0.3) is 0 Å². The molecule has 1 N–H and O–H groups in total. The van der Waals surface area contributed by atoms with Gasteiger partial charge in [0.15, 0.2) is 0 Å². The van der Waals surface area contributed by atoms with Gasteiger partial charge >= 0.3 is 12.1 Å². The number of likely N-dealkylation sites (tertiary alicyclic amines) is 1. The maximum absolute atomic E-state index is 12.3. The van der Waals surface area contributed by atoms with E-state index in [2.05, 4.69) is 10.00 Å². The van der Waals surface area contributed by atoms with Gasteiger partial charge in [0.05, 0.1) is 24.0 Å². The average Bonchev–Trinajstić information content (AvgIpc) is 3.18. The Balaban J connectivity index is 0.000000360. The van der Waals surface area contributed by atoms with Crippen LogP contribution in [0.15, 0.2) is 12.4 Å². The Bertz CT molecular complexity index is 786. The van der Waals surface area contributed by atoms with E-state index in [1.165, 1.54) is 19.4 Å². The maximum atomic E-state index is 12.3. The van der Waals surface area contributed by atoms with E-state index in [0.717, 1.165) is 50.8 Å². The molecule has 1 aromatic heterocycles. The third kappa shape index (κ3) is 6.42. The molecule has 1 spiro atoms. The average molecular weight is 462 g/mol. The molecular formula is C20H29F3N4O5. The third-order valence-corrected chi connectivity index (χ3v) is 6.12. The number of piperidine rings is 1. The molecule has 1 amide bonds. The summed E-state index contributed by atoms with van der Waals surface area (Å²) in [6, 6.07) is 0. The molecule has 3 fully saturated rings. The van der Waals surface area contributed by atoms with Gasteiger partial charge in [-0.1, -0.05) is 0 Å². The fourth-order valence-corrected chi connectivity index (χ4v) is 4.24. The van der Waals surface area contributed by atoms with E-state index in [1.807, 2.05) is 18.1 Å². The highest BCUT2D eigenvalue weighted by molar-refractivity contribution is 5.94. The van der Waals surface area contributed by atoms with Crippen LogP contribution < -0.4 is 4.90 Å². The van der Waals surface area contributed by atoms with Gasteiger partial charge in [-0.15, -0.1) is 0 Å². The Labute approximate surface area is 184 Å². The van der Waals surface area contributed by atoms with Gasteiger partial charge in [0.25, 0.3) is 5.91 Å². The Morgan fingerprint density at radius 2 is 1.91 bits per heavy atom. The highest BCUT2D eigenvalue weighted by Crippen LogP contribution is 2.33. The number of hydrogen-bond donors (Lipinski definition) is 1. The molecule has 0 radical (unpaired) electrons. The summed E-state index contributed by atoms with van der Waals surface area (Å²) in [6.45, 7) is 5.91. The van der Waals surface area contributed by atoms with Gasteiger partial charge in [0, 0.05) is 46.1 Å². The molecule has 9 nitrogen and oxygen atoms in total. The van der Waals surface area contributed by atoms with Crippen molar-refractivity contribution in [3.05, 3.63) is 12.4 Å². The molecule has 3 aliphatic heterocycles. The largest absolute Gasteiger partial charge is 0.490 e. The monoisotopic (exact) mass is 462 g/mol. The number of aliphatic carboxylic acids is 1. The Hall–Kier alpha value is -2.18. The number of rotatable bonds is 3. The normalized spacial score (nSPS) is 22.5. The smallest absolute Gasteiger partial charge is 0.475 e. The molecule has 1 aromatic rings. The van der Waals surface area contributed by atoms with E-state index in [-0.39, 0.29) is 18.1 Å². The molecule has 32 heavy (non-hydrogen) atoms. The number of aromatic nitrogens is 2. The van der Waals surface area contributed by atoms with Crippen LogP contribution in [0, 0.1) is 5.92 Å². The number of nitrogens with zero attached hydrogens (tertiary/aromatic N) is 4. The quantitative estimate of drug-likeness (QED) is 0.730. The second-order valence-corrected chi connectivity index (χ2v) is 8.48. The molecule has 3 saturated heterocycles. The van der Waals surface area contributed by atoms with Crippen LogP contribution in [0.2, 0.25) is 0 Å². The Morgan fingerprint density at radius 1 is 1.28 bits per heavy atom. The third-order valence-electron chi connectivity index (χ3n) is 6.12. The number of morpholine rings is 1. The Kier molecular flexibility index (Phi) is 7.78. The fraction of sp³-hybridized carbons (Fsp3) is 0.750. The number of carboxylic acid groups (broad SMARTS) is 1. The SMILES string of the molecule is Cn1cc(N2CC3(CCN(CC4CCOCC4)CC3)OCC2=O)cn1.O=C(O)C(F)(F)F. The summed E-state index contributed by atoms with van der Waals surface area (Å²) in [6.07, 6.45) is 2.91. The van der Waals surface area contributed by atoms with Crippen molar-refractivity contribution in [1.82, 2.24) is 14.7 Å². The molecule has 0 aromatic carbocycles. The second-order valence-electron chi connectivity index (χ2n) is 8.48. The number of carboxylic acids is 1. The zero-order valence-electron chi connectivity index (χ0n) is 18.0. The number of hydrogen-bond acceptors (Lipinski definition) is 6. The fourth-order valence-electron chi connectivity index (χ4n) is 4.24. The lowest BCUT2D eigenvalue weighted by atomic mass is 9.88. The van der Waals surface area contributed by atoms with Crippen LogP contribution in [0.1, 0.15) is 25.7 Å². The molecule has 0 atom stereocenters. The summed E-state index contributed by atoms with van der Waals surface area (Å²) >= 11 is 0. The van der Waals surface area contributed by atoms with Gasteiger partial charge in [-0.05, 0) is 31.6 Å². The number of ether oxygens (including phenoxy) is 2. The molecule has 0 aliphatic carbocycles. The van der Waals surface area contributed by atoms with Crippen molar-refractivity contribution in [1.29, 1.82) is 0 Å². The van der Waals surface area contributed by atoms with Crippen LogP contribution in [-0.2, 0) is 26.1 Å². The van der Waals surface area contributed by atoms with Gasteiger partial charge in [-0.2, -0.15) is 18.3 Å². The van der Waals surface area contributed by atoms with Crippen molar-refractivity contribution in [2.45, 2.75) is 37.5 Å². The first kappa shape index (κ1) is 24.5. The summed E-state index contributed by atoms with van der Waals surface area (Å²) in [5, 5.41) is 11.3. The molecule has 4 rings (SSSR count). The van der Waals surface area contributed by atoms with E-state index in [4.69, 9.17) is 19.4 Å². The predicted molar refractivity (Wildman–Crippen MR) is 107 cm³/mol. The van der Waals surface area contributed by atoms with Crippen LogP contribution in [0.3, 0.4) is 0 Å². The second kappa shape index (κ2) is 10.2. The lowest BCUT2D eigenvalue weighted by Gasteiger charge is -2.47. The van der Waals surface area contributed by atoms with E-state index < -0.39 is 12.1 Å². The van der Waals surface area contributed by atoms with Crippen molar-refractivity contribution in [3.8, 4) is 0 Å². The minimum atomic E-state index is -5.08. The minimum Gasteiger partial charge on any atom is -0.475 e. The van der Waals surface area contributed by atoms with Crippen LogP contribution >= 0.6 is 0 Å². The van der Waals surface area contributed by atoms with Crippen LogP contribution in [-0.4, -0.2) is 89.4 Å². The summed E-state index contributed by atoms with van der Waals surface area (Å²) in [7, 11) is 1.87. The highest BCUT2D eigenvalue weighted by atomic mass is 19.4. The van der Waals surface area contributed by atoms with Gasteiger partial charge < -0.3 is 24.4 Å². The van der Waals surface area contributed by atoms with E-state index in [1.54, 1.807) is 10.9 Å². The molecule has 3 aliphatic rings. The zero-order valence-corrected chi connectivity index (χ0v) is 18.0. The van der Waals surface area contributed by atoms with E-state index in [0.29, 0.717) is 6.54 Å². The number of halogens is 3. The zero-order chi connectivity index (χ0) is 23.4. The molecule has 0 unspecified atom stereocenters. The molecule has 4 heterocycles. The van der Waals surface area contributed by atoms with Crippen molar-refractivity contribution >= 4 is 17.6 Å². The van der Waals surface area contributed by atoms with E-state index >= 15 is 0 Å². The van der Waals surface area contributed by atoms with Crippen molar-refractivity contribution in [2.75, 3.05) is 50.9 Å². The minimum absolute atomic E-state index is 0.0308. The first-order valence-corrected chi connectivity index (χ1v) is 10.6. The summed E-state index contributed by atoms with van der Waals surface area (Å²) < 4.78 is 45.0. The first-order chi connectivity index (χ1) is 15.1. The number of anilines is 1. The summed E-state index contributed by atoms with van der Waals surface area (Å²) in [5.74, 6) is -1.96. The lowest BCUT2D eigenvalue weighted by Crippen LogP contribution is -2.59. The topological polar surface area (TPSA) is 97.1 Å². The molecule has 0 saturated carbocycles. The predicted octanol–water partition coefficient (Wildman–Crippen LogP) is 1.68. The Morgan fingerprint density at radius 3 is 2.44 bits per heavy atom. The number of carbonyl (C=O) groups excluding carboxylic acids is 1. The van der Waals surface area contributed by atoms with Crippen LogP contribution in [0.4, 0.5) is 18.9 Å². The summed E-state index contributed by atoms with van der Waals surface area (Å²) in [5.41, 5.74) is 0.676. The van der Waals surface area contributed by atoms with Gasteiger partial charge in [0.1, 0.15) is 6.61 Å². The summed E-state index contributed by atoms with van der Waals surface area (Å²) in [4.78, 5) is 25.6. The molecule has 180 valence electrons. The number of aryl methyl sites for hydroxylation is 1. The molecule has 0 bridgehead atoms.